The third kappa shape index (κ3) is 5.50. The first kappa shape index (κ1) is 21.5. The summed E-state index contributed by atoms with van der Waals surface area (Å²) >= 11 is 0. The molecule has 1 heterocycles. The van der Waals surface area contributed by atoms with E-state index in [1.807, 2.05) is 0 Å². The molecule has 166 valence electrons. The lowest BCUT2D eigenvalue weighted by Crippen LogP contribution is -2.35. The molecule has 1 aliphatic heterocycles. The summed E-state index contributed by atoms with van der Waals surface area (Å²) in [6.45, 7) is 0.815. The number of carbonyl (C=O) groups excluding carboxylic acids is 1. The number of rotatable bonds is 5. The van der Waals surface area contributed by atoms with Crippen molar-refractivity contribution >= 4 is 21.6 Å². The van der Waals surface area contributed by atoms with E-state index in [1.54, 1.807) is 30.3 Å². The van der Waals surface area contributed by atoms with Gasteiger partial charge in [0, 0.05) is 23.4 Å². The summed E-state index contributed by atoms with van der Waals surface area (Å²) in [5, 5.41) is 3.11. The highest BCUT2D eigenvalue weighted by Gasteiger charge is 2.20. The number of fused-ring (bicyclic) bond motifs is 1. The average Bonchev–Trinajstić information content (AvgIpc) is 2.75. The summed E-state index contributed by atoms with van der Waals surface area (Å²) in [5.74, 6) is 0.755. The lowest BCUT2D eigenvalue weighted by molar-refractivity contribution is 0.0930. The minimum Gasteiger partial charge on any atom is -0.486 e. The van der Waals surface area contributed by atoms with Crippen molar-refractivity contribution in [3.05, 3.63) is 48.0 Å². The summed E-state index contributed by atoms with van der Waals surface area (Å²) in [6, 6.07) is 11.2. The number of sulfonamides is 1. The minimum absolute atomic E-state index is 0.0705. The second kappa shape index (κ2) is 9.60. The molecule has 1 saturated carbocycles. The third-order valence-corrected chi connectivity index (χ3v) is 7.02. The number of carbonyl (C=O) groups is 1. The van der Waals surface area contributed by atoms with Gasteiger partial charge >= 0.3 is 0 Å². The Labute approximate surface area is 183 Å². The van der Waals surface area contributed by atoms with E-state index >= 15 is 0 Å². The van der Waals surface area contributed by atoms with Crippen LogP contribution in [0.1, 0.15) is 55.3 Å². The van der Waals surface area contributed by atoms with Gasteiger partial charge in [0.2, 0.25) is 0 Å². The van der Waals surface area contributed by atoms with Crippen LogP contribution < -0.4 is 19.5 Å². The fraction of sp³-hybridized carbons (Fsp3) is 0.435. The summed E-state index contributed by atoms with van der Waals surface area (Å²) in [4.78, 5) is 12.8. The Kier molecular flexibility index (Phi) is 6.65. The topological polar surface area (TPSA) is 93.7 Å². The first-order chi connectivity index (χ1) is 15.0. The van der Waals surface area contributed by atoms with Crippen molar-refractivity contribution in [2.45, 2.75) is 55.9 Å². The molecule has 0 saturated heterocycles. The van der Waals surface area contributed by atoms with Crippen molar-refractivity contribution in [2.75, 3.05) is 17.9 Å². The molecule has 0 radical (unpaired) electrons. The third-order valence-electron chi connectivity index (χ3n) is 5.64. The van der Waals surface area contributed by atoms with Crippen LogP contribution in [-0.4, -0.2) is 33.6 Å². The van der Waals surface area contributed by atoms with Crippen molar-refractivity contribution in [1.29, 1.82) is 0 Å². The van der Waals surface area contributed by atoms with E-state index < -0.39 is 10.0 Å². The molecule has 0 bridgehead atoms. The first-order valence-corrected chi connectivity index (χ1v) is 12.3. The zero-order valence-electron chi connectivity index (χ0n) is 17.4. The summed E-state index contributed by atoms with van der Waals surface area (Å²) in [5.41, 5.74) is 0.768. The van der Waals surface area contributed by atoms with Crippen LogP contribution in [-0.2, 0) is 10.0 Å². The number of hydrogen-bond acceptors (Lipinski definition) is 5. The summed E-state index contributed by atoms with van der Waals surface area (Å²) in [7, 11) is -3.84. The van der Waals surface area contributed by atoms with Crippen LogP contribution in [0.25, 0.3) is 0 Å². The molecule has 1 amide bonds. The normalized spacial score (nSPS) is 17.3. The van der Waals surface area contributed by atoms with Gasteiger partial charge in [0.1, 0.15) is 13.2 Å². The van der Waals surface area contributed by atoms with Gasteiger partial charge in [-0.1, -0.05) is 38.2 Å². The van der Waals surface area contributed by atoms with E-state index in [9.17, 15) is 13.2 Å². The van der Waals surface area contributed by atoms with E-state index in [1.165, 1.54) is 31.4 Å². The Balaban J connectivity index is 1.45. The minimum atomic E-state index is -3.84. The molecular formula is C23H28N2O5S. The van der Waals surface area contributed by atoms with Gasteiger partial charge in [0.15, 0.2) is 11.5 Å². The number of ether oxygens (including phenoxy) is 2. The number of amides is 1. The molecule has 1 fully saturated rings. The van der Waals surface area contributed by atoms with Crippen LogP contribution in [0.3, 0.4) is 0 Å². The molecule has 2 aliphatic rings. The first-order valence-electron chi connectivity index (χ1n) is 10.8. The summed E-state index contributed by atoms with van der Waals surface area (Å²) in [6.07, 6.45) is 7.92. The van der Waals surface area contributed by atoms with Crippen LogP contribution >= 0.6 is 0 Å². The highest BCUT2D eigenvalue weighted by Crippen LogP contribution is 2.32. The van der Waals surface area contributed by atoms with E-state index in [4.69, 9.17) is 9.47 Å². The monoisotopic (exact) mass is 444 g/mol. The predicted molar refractivity (Wildman–Crippen MR) is 118 cm³/mol. The number of benzene rings is 2. The van der Waals surface area contributed by atoms with Gasteiger partial charge in [-0.25, -0.2) is 8.42 Å². The molecule has 7 nitrogen and oxygen atoms in total. The van der Waals surface area contributed by atoms with Crippen molar-refractivity contribution in [1.82, 2.24) is 5.32 Å². The van der Waals surface area contributed by atoms with Crippen molar-refractivity contribution in [2.24, 2.45) is 0 Å². The van der Waals surface area contributed by atoms with E-state index in [-0.39, 0.29) is 16.8 Å². The van der Waals surface area contributed by atoms with Gasteiger partial charge in [0.25, 0.3) is 15.9 Å². The Morgan fingerprint density at radius 2 is 1.58 bits per heavy atom. The maximum absolute atomic E-state index is 12.8. The van der Waals surface area contributed by atoms with Gasteiger partial charge in [-0.15, -0.1) is 0 Å². The van der Waals surface area contributed by atoms with Gasteiger partial charge < -0.3 is 14.8 Å². The molecule has 31 heavy (non-hydrogen) atoms. The smallest absolute Gasteiger partial charge is 0.262 e. The van der Waals surface area contributed by atoms with Crippen LogP contribution in [0.15, 0.2) is 47.4 Å². The molecule has 0 atom stereocenters. The molecule has 8 heteroatoms. The fourth-order valence-electron chi connectivity index (χ4n) is 4.00. The maximum Gasteiger partial charge on any atom is 0.262 e. The lowest BCUT2D eigenvalue weighted by atomic mass is 9.96. The second-order valence-electron chi connectivity index (χ2n) is 8.01. The number of hydrogen-bond donors (Lipinski definition) is 2. The van der Waals surface area contributed by atoms with Gasteiger partial charge in [-0.3, -0.25) is 9.52 Å². The summed E-state index contributed by atoms with van der Waals surface area (Å²) < 4.78 is 39.2. The van der Waals surface area contributed by atoms with Gasteiger partial charge in [-0.05, 0) is 43.2 Å². The van der Waals surface area contributed by atoms with E-state index in [0.717, 1.165) is 25.7 Å². The molecular weight excluding hydrogens is 416 g/mol. The van der Waals surface area contributed by atoms with E-state index in [0.29, 0.717) is 36.0 Å². The van der Waals surface area contributed by atoms with Gasteiger partial charge in [-0.2, -0.15) is 0 Å². The molecule has 4 rings (SSSR count). The quantitative estimate of drug-likeness (QED) is 0.724. The standard InChI is InChI=1S/C23H28N2O5S/c26-23(24-18-8-4-2-1-3-5-9-18)17-7-6-10-19(15-17)25-31(27,28)20-11-12-21-22(16-20)30-14-13-29-21/h6-7,10-12,15-16,18,25H,1-5,8-9,13-14H2,(H,24,26). The zero-order valence-corrected chi connectivity index (χ0v) is 18.2. The molecule has 0 unspecified atom stereocenters. The highest BCUT2D eigenvalue weighted by molar-refractivity contribution is 7.92. The molecule has 1 aliphatic carbocycles. The van der Waals surface area contributed by atoms with Crippen LogP contribution in [0.4, 0.5) is 5.69 Å². The van der Waals surface area contributed by atoms with Crippen LogP contribution in [0.2, 0.25) is 0 Å². The number of anilines is 1. The Bertz CT molecular complexity index is 1030. The largest absolute Gasteiger partial charge is 0.486 e. The molecule has 0 spiro atoms. The molecule has 2 N–H and O–H groups in total. The molecule has 2 aromatic carbocycles. The Morgan fingerprint density at radius 1 is 0.871 bits per heavy atom. The highest BCUT2D eigenvalue weighted by atomic mass is 32.2. The maximum atomic E-state index is 12.8. The van der Waals surface area contributed by atoms with Gasteiger partial charge in [0.05, 0.1) is 4.90 Å². The Morgan fingerprint density at radius 3 is 2.35 bits per heavy atom. The second-order valence-corrected chi connectivity index (χ2v) is 9.69. The van der Waals surface area contributed by atoms with Crippen LogP contribution in [0.5, 0.6) is 11.5 Å². The average molecular weight is 445 g/mol. The molecule has 0 aromatic heterocycles. The molecule has 2 aromatic rings. The van der Waals surface area contributed by atoms with Crippen molar-refractivity contribution in [3.63, 3.8) is 0 Å². The lowest BCUT2D eigenvalue weighted by Gasteiger charge is -2.21. The zero-order chi connectivity index (χ0) is 21.7. The van der Waals surface area contributed by atoms with E-state index in [2.05, 4.69) is 10.0 Å². The van der Waals surface area contributed by atoms with Crippen LogP contribution in [0, 0.1) is 0 Å². The number of nitrogens with one attached hydrogen (secondary N) is 2. The Hall–Kier alpha value is -2.74. The van der Waals surface area contributed by atoms with Crippen molar-refractivity contribution in [3.8, 4) is 11.5 Å². The SMILES string of the molecule is O=C(NC1CCCCCCC1)c1cccc(NS(=O)(=O)c2ccc3c(c2)OCCO3)c1. The fourth-order valence-corrected chi connectivity index (χ4v) is 5.06. The van der Waals surface area contributed by atoms with Crippen molar-refractivity contribution < 1.29 is 22.7 Å². The predicted octanol–water partition coefficient (Wildman–Crippen LogP) is 4.10.